The smallest absolute Gasteiger partial charge is 0.170 e. The van der Waals surface area contributed by atoms with Crippen LogP contribution in [0.5, 0.6) is 17.2 Å². The summed E-state index contributed by atoms with van der Waals surface area (Å²) >= 11 is 6.33. The highest BCUT2D eigenvalue weighted by atomic mass is 35.5. The number of methoxy groups -OCH3 is 1. The fourth-order valence-electron chi connectivity index (χ4n) is 3.97. The van der Waals surface area contributed by atoms with E-state index in [2.05, 4.69) is 13.8 Å². The maximum absolute atomic E-state index is 12.6. The van der Waals surface area contributed by atoms with E-state index in [0.29, 0.717) is 24.3 Å². The van der Waals surface area contributed by atoms with Crippen molar-refractivity contribution >= 4 is 17.4 Å². The zero-order valence-electron chi connectivity index (χ0n) is 18.8. The fourth-order valence-corrected chi connectivity index (χ4v) is 4.14. The number of para-hydroxylation sites is 1. The summed E-state index contributed by atoms with van der Waals surface area (Å²) in [4.78, 5) is 12.6. The monoisotopic (exact) mass is 450 g/mol. The first kappa shape index (κ1) is 22.2. The molecule has 3 aromatic carbocycles. The number of hydrogen-bond acceptors (Lipinski definition) is 4. The van der Waals surface area contributed by atoms with Crippen molar-refractivity contribution in [2.45, 2.75) is 45.8 Å². The van der Waals surface area contributed by atoms with Crippen LogP contribution in [0.25, 0.3) is 0 Å². The molecule has 1 atom stereocenters. The van der Waals surface area contributed by atoms with Gasteiger partial charge in [0, 0.05) is 10.6 Å². The summed E-state index contributed by atoms with van der Waals surface area (Å²) < 4.78 is 17.9. The van der Waals surface area contributed by atoms with E-state index in [0.717, 1.165) is 38.8 Å². The van der Waals surface area contributed by atoms with Gasteiger partial charge in [-0.3, -0.25) is 4.79 Å². The van der Waals surface area contributed by atoms with E-state index in [-0.39, 0.29) is 17.8 Å². The minimum Gasteiger partial charge on any atom is -0.496 e. The second-order valence-electron chi connectivity index (χ2n) is 8.38. The SMILES string of the molecule is COc1ccc([C@H]2CC(=O)c3ccccc3O2)cc1COc1cc(C)c(Cl)cc1C(C)C. The molecule has 1 aliphatic heterocycles. The van der Waals surface area contributed by atoms with Gasteiger partial charge in [0.25, 0.3) is 0 Å². The van der Waals surface area contributed by atoms with E-state index in [4.69, 9.17) is 25.8 Å². The van der Waals surface area contributed by atoms with Crippen molar-refractivity contribution in [3.8, 4) is 17.2 Å². The van der Waals surface area contributed by atoms with Crippen molar-refractivity contribution in [3.63, 3.8) is 0 Å². The molecular weight excluding hydrogens is 424 g/mol. The van der Waals surface area contributed by atoms with Gasteiger partial charge in [-0.25, -0.2) is 0 Å². The predicted octanol–water partition coefficient (Wildman–Crippen LogP) is 7.07. The third-order valence-corrected chi connectivity index (χ3v) is 6.21. The van der Waals surface area contributed by atoms with Crippen LogP contribution >= 0.6 is 11.6 Å². The molecule has 32 heavy (non-hydrogen) atoms. The molecule has 166 valence electrons. The molecule has 0 aromatic heterocycles. The number of carbonyl (C=O) groups is 1. The van der Waals surface area contributed by atoms with Crippen LogP contribution in [0.15, 0.2) is 54.6 Å². The molecule has 0 amide bonds. The molecule has 0 N–H and O–H groups in total. The highest BCUT2D eigenvalue weighted by molar-refractivity contribution is 6.31. The highest BCUT2D eigenvalue weighted by Gasteiger charge is 2.28. The second kappa shape index (κ2) is 9.25. The summed E-state index contributed by atoms with van der Waals surface area (Å²) in [5.74, 6) is 2.53. The molecule has 0 unspecified atom stereocenters. The van der Waals surface area contributed by atoms with E-state index in [1.807, 2.05) is 61.5 Å². The van der Waals surface area contributed by atoms with Crippen molar-refractivity contribution in [3.05, 3.63) is 87.4 Å². The van der Waals surface area contributed by atoms with Crippen molar-refractivity contribution in [2.24, 2.45) is 0 Å². The van der Waals surface area contributed by atoms with Crippen LogP contribution in [0.3, 0.4) is 0 Å². The molecule has 1 heterocycles. The summed E-state index contributed by atoms with van der Waals surface area (Å²) in [5.41, 5.74) is 4.49. The number of Topliss-reactive ketones (excluding diaryl/α,β-unsaturated/α-hetero) is 1. The maximum atomic E-state index is 12.6. The Morgan fingerprint density at radius 1 is 1.09 bits per heavy atom. The quantitative estimate of drug-likeness (QED) is 0.403. The number of hydrogen-bond donors (Lipinski definition) is 0. The van der Waals surface area contributed by atoms with Gasteiger partial charge in [-0.15, -0.1) is 0 Å². The number of rotatable bonds is 6. The van der Waals surface area contributed by atoms with Gasteiger partial charge in [0.2, 0.25) is 0 Å². The summed E-state index contributed by atoms with van der Waals surface area (Å²) in [6, 6.07) is 17.2. The first-order valence-corrected chi connectivity index (χ1v) is 11.1. The van der Waals surface area contributed by atoms with Gasteiger partial charge >= 0.3 is 0 Å². The van der Waals surface area contributed by atoms with E-state index >= 15 is 0 Å². The minimum absolute atomic E-state index is 0.0867. The van der Waals surface area contributed by atoms with E-state index in [1.165, 1.54) is 0 Å². The van der Waals surface area contributed by atoms with Crippen molar-refractivity contribution in [1.29, 1.82) is 0 Å². The average molecular weight is 451 g/mol. The third-order valence-electron chi connectivity index (χ3n) is 5.80. The van der Waals surface area contributed by atoms with Crippen LogP contribution in [0.1, 0.15) is 64.9 Å². The first-order chi connectivity index (χ1) is 15.4. The van der Waals surface area contributed by atoms with E-state index in [9.17, 15) is 4.79 Å². The summed E-state index contributed by atoms with van der Waals surface area (Å²) in [6.07, 6.45) is -0.0385. The summed E-state index contributed by atoms with van der Waals surface area (Å²) in [6.45, 7) is 6.53. The molecular formula is C27H27ClO4. The van der Waals surface area contributed by atoms with Crippen LogP contribution < -0.4 is 14.2 Å². The van der Waals surface area contributed by atoms with Crippen molar-refractivity contribution < 1.29 is 19.0 Å². The zero-order chi connectivity index (χ0) is 22.8. The maximum Gasteiger partial charge on any atom is 0.170 e. The van der Waals surface area contributed by atoms with Crippen LogP contribution in [0.4, 0.5) is 0 Å². The Labute approximate surface area is 194 Å². The number of halogens is 1. The van der Waals surface area contributed by atoms with E-state index in [1.54, 1.807) is 7.11 Å². The van der Waals surface area contributed by atoms with Gasteiger partial charge in [0.1, 0.15) is 30.0 Å². The number of aryl methyl sites for hydroxylation is 1. The number of ether oxygens (including phenoxy) is 3. The van der Waals surface area contributed by atoms with Crippen molar-refractivity contribution in [1.82, 2.24) is 0 Å². The lowest BCUT2D eigenvalue weighted by atomic mass is 9.95. The van der Waals surface area contributed by atoms with Crippen LogP contribution in [0, 0.1) is 6.92 Å². The summed E-state index contributed by atoms with van der Waals surface area (Å²) in [5, 5.41) is 0.736. The number of carbonyl (C=O) groups excluding carboxylic acids is 1. The second-order valence-corrected chi connectivity index (χ2v) is 8.79. The Bertz CT molecular complexity index is 1150. The fraction of sp³-hybridized carbons (Fsp3) is 0.296. The Balaban J connectivity index is 1.60. The van der Waals surface area contributed by atoms with Gasteiger partial charge in [0.05, 0.1) is 19.1 Å². The van der Waals surface area contributed by atoms with Crippen LogP contribution in [0.2, 0.25) is 5.02 Å². The molecule has 3 aromatic rings. The number of benzene rings is 3. The molecule has 0 bridgehead atoms. The standard InChI is InChI=1S/C27H27ClO4/c1-16(2)21-13-22(28)17(3)11-27(21)31-15-19-12-18(9-10-24(19)30-4)26-14-23(29)20-7-5-6-8-25(20)32-26/h5-13,16,26H,14-15H2,1-4H3/t26-/m1/s1. The van der Waals surface area contributed by atoms with Gasteiger partial charge < -0.3 is 14.2 Å². The minimum atomic E-state index is -0.342. The van der Waals surface area contributed by atoms with Crippen LogP contribution in [-0.4, -0.2) is 12.9 Å². The average Bonchev–Trinajstić information content (AvgIpc) is 2.79. The Hall–Kier alpha value is -2.98. The molecule has 0 spiro atoms. The van der Waals surface area contributed by atoms with E-state index < -0.39 is 0 Å². The molecule has 0 fully saturated rings. The molecule has 4 rings (SSSR count). The highest BCUT2D eigenvalue weighted by Crippen LogP contribution is 2.37. The van der Waals surface area contributed by atoms with Gasteiger partial charge in [-0.05, 0) is 65.9 Å². The molecule has 0 saturated carbocycles. The normalized spacial score (nSPS) is 15.3. The largest absolute Gasteiger partial charge is 0.496 e. The first-order valence-electron chi connectivity index (χ1n) is 10.8. The predicted molar refractivity (Wildman–Crippen MR) is 126 cm³/mol. The van der Waals surface area contributed by atoms with Gasteiger partial charge in [0.15, 0.2) is 5.78 Å². The third kappa shape index (κ3) is 4.46. The molecule has 5 heteroatoms. The van der Waals surface area contributed by atoms with Gasteiger partial charge in [-0.1, -0.05) is 43.6 Å². The topological polar surface area (TPSA) is 44.8 Å². The van der Waals surface area contributed by atoms with Crippen molar-refractivity contribution in [2.75, 3.05) is 7.11 Å². The molecule has 1 aliphatic rings. The lowest BCUT2D eigenvalue weighted by Crippen LogP contribution is -2.20. The van der Waals surface area contributed by atoms with Gasteiger partial charge in [-0.2, -0.15) is 0 Å². The summed E-state index contributed by atoms with van der Waals surface area (Å²) in [7, 11) is 1.64. The molecule has 4 nitrogen and oxygen atoms in total. The molecule has 0 saturated heterocycles. The Kier molecular flexibility index (Phi) is 6.43. The molecule has 0 radical (unpaired) electrons. The lowest BCUT2D eigenvalue weighted by molar-refractivity contribution is 0.0850. The van der Waals surface area contributed by atoms with Crippen LogP contribution in [-0.2, 0) is 6.61 Å². The number of ketones is 1. The Morgan fingerprint density at radius 3 is 2.62 bits per heavy atom. The molecule has 0 aliphatic carbocycles. The lowest BCUT2D eigenvalue weighted by Gasteiger charge is -2.26. The number of fused-ring (bicyclic) bond motifs is 1. The Morgan fingerprint density at radius 2 is 1.88 bits per heavy atom. The zero-order valence-corrected chi connectivity index (χ0v) is 19.5.